The van der Waals surface area contributed by atoms with E-state index in [1.165, 1.54) is 12.2 Å². The highest BCUT2D eigenvalue weighted by atomic mass is 16.5. The second-order valence-electron chi connectivity index (χ2n) is 15.2. The van der Waals surface area contributed by atoms with E-state index >= 15 is 0 Å². The third kappa shape index (κ3) is 17.1. The summed E-state index contributed by atoms with van der Waals surface area (Å²) in [5, 5.41) is 0. The van der Waals surface area contributed by atoms with Crippen molar-refractivity contribution in [2.45, 2.75) is 51.4 Å². The summed E-state index contributed by atoms with van der Waals surface area (Å²) in [7, 11) is 0. The van der Waals surface area contributed by atoms with E-state index in [1.54, 1.807) is 84.9 Å². The van der Waals surface area contributed by atoms with Crippen LogP contribution in [-0.4, -0.2) is 50.3 Å². The maximum Gasteiger partial charge on any atom is 0.343 e. The quantitative estimate of drug-likeness (QED) is 0.0237. The van der Waals surface area contributed by atoms with Crippen molar-refractivity contribution in [3.63, 3.8) is 0 Å². The lowest BCUT2D eigenvalue weighted by Crippen LogP contribution is -2.08. The summed E-state index contributed by atoms with van der Waals surface area (Å²) in [5.74, 6) is 0.498. The van der Waals surface area contributed by atoms with Crippen molar-refractivity contribution >= 4 is 36.0 Å². The standard InChI is InChI=1S/C56H54O10/c57-53(37-19-43-15-7-5-8-16-43)63-41-13-3-1-11-39-61-49-29-25-47(26-30-49)55(59)65-51-33-21-45(22-34-51)46-23-35-52(36-24-46)66-56(60)48-27-31-50(32-28-48)62-40-12-2-4-14-42-64-54(58)38-20-44-17-9-6-10-18-44/h5-10,15-38H,1-4,11-14,39-42H2. The number of benzene rings is 6. The average molecular weight is 887 g/mol. The molecule has 0 saturated carbocycles. The SMILES string of the molecule is O=C(C=Cc1ccccc1)OCCCCCCOc1ccc(C(=O)Oc2ccc(-c3ccc(OC(=O)c4ccc(OCCCCCCOC(=O)C=Cc5ccccc5)cc4)cc3)cc2)cc1. The number of unbranched alkanes of at least 4 members (excludes halogenated alkanes) is 6. The van der Waals surface area contributed by atoms with Gasteiger partial charge in [-0.25, -0.2) is 19.2 Å². The van der Waals surface area contributed by atoms with Crippen LogP contribution < -0.4 is 18.9 Å². The normalized spacial score (nSPS) is 11.0. The first-order valence-electron chi connectivity index (χ1n) is 22.3. The molecule has 0 saturated heterocycles. The molecule has 0 amide bonds. The van der Waals surface area contributed by atoms with Gasteiger partial charge in [0.2, 0.25) is 0 Å². The van der Waals surface area contributed by atoms with Gasteiger partial charge in [0.15, 0.2) is 0 Å². The van der Waals surface area contributed by atoms with Crippen molar-refractivity contribution in [2.24, 2.45) is 0 Å². The average Bonchev–Trinajstić information content (AvgIpc) is 3.35. The fourth-order valence-electron chi connectivity index (χ4n) is 6.53. The predicted molar refractivity (Wildman–Crippen MR) is 255 cm³/mol. The maximum absolute atomic E-state index is 12.8. The lowest BCUT2D eigenvalue weighted by Gasteiger charge is -2.09. The molecule has 0 aromatic heterocycles. The summed E-state index contributed by atoms with van der Waals surface area (Å²) in [4.78, 5) is 49.4. The molecule has 0 aliphatic rings. The van der Waals surface area contributed by atoms with E-state index in [0.29, 0.717) is 60.6 Å². The van der Waals surface area contributed by atoms with E-state index in [2.05, 4.69) is 0 Å². The zero-order valence-corrected chi connectivity index (χ0v) is 36.9. The molecular formula is C56H54O10. The zero-order valence-electron chi connectivity index (χ0n) is 36.9. The molecule has 66 heavy (non-hydrogen) atoms. The third-order valence-electron chi connectivity index (χ3n) is 10.2. The number of rotatable bonds is 25. The van der Waals surface area contributed by atoms with Crippen LogP contribution >= 0.6 is 0 Å². The molecule has 0 aliphatic heterocycles. The molecule has 0 N–H and O–H groups in total. The van der Waals surface area contributed by atoms with Crippen molar-refractivity contribution in [3.05, 3.63) is 192 Å². The lowest BCUT2D eigenvalue weighted by molar-refractivity contribution is -0.138. The van der Waals surface area contributed by atoms with Gasteiger partial charge in [0.05, 0.1) is 37.6 Å². The highest BCUT2D eigenvalue weighted by Crippen LogP contribution is 2.26. The van der Waals surface area contributed by atoms with E-state index in [9.17, 15) is 19.2 Å². The second-order valence-corrected chi connectivity index (χ2v) is 15.2. The summed E-state index contributed by atoms with van der Waals surface area (Å²) >= 11 is 0. The van der Waals surface area contributed by atoms with Gasteiger partial charge in [-0.3, -0.25) is 0 Å². The zero-order chi connectivity index (χ0) is 46.0. The van der Waals surface area contributed by atoms with E-state index in [0.717, 1.165) is 73.6 Å². The first-order chi connectivity index (χ1) is 32.4. The monoisotopic (exact) mass is 886 g/mol. The fraction of sp³-hybridized carbons (Fsp3) is 0.214. The van der Waals surface area contributed by atoms with Crippen LogP contribution in [0.15, 0.2) is 170 Å². The first kappa shape index (κ1) is 47.8. The molecule has 6 aromatic rings. The minimum atomic E-state index is -0.479. The number of carbonyl (C=O) groups is 4. The van der Waals surface area contributed by atoms with Gasteiger partial charge >= 0.3 is 23.9 Å². The summed E-state index contributed by atoms with van der Waals surface area (Å²) in [6.45, 7) is 1.84. The Labute approximate surface area is 386 Å². The van der Waals surface area contributed by atoms with E-state index in [-0.39, 0.29) is 11.9 Å². The van der Waals surface area contributed by atoms with Crippen molar-refractivity contribution in [1.82, 2.24) is 0 Å². The van der Waals surface area contributed by atoms with Crippen molar-refractivity contribution < 1.29 is 47.6 Å². The van der Waals surface area contributed by atoms with Crippen molar-refractivity contribution in [1.29, 1.82) is 0 Å². The highest BCUT2D eigenvalue weighted by molar-refractivity contribution is 5.92. The Morgan fingerprint density at radius 2 is 0.682 bits per heavy atom. The number of carbonyl (C=O) groups excluding carboxylic acids is 4. The van der Waals surface area contributed by atoms with Gasteiger partial charge in [-0.2, -0.15) is 0 Å². The third-order valence-corrected chi connectivity index (χ3v) is 10.2. The topological polar surface area (TPSA) is 124 Å². The van der Waals surface area contributed by atoms with Gasteiger partial charge in [-0.05, 0) is 159 Å². The smallest absolute Gasteiger partial charge is 0.343 e. The Balaban J connectivity index is 0.812. The molecule has 0 fully saturated rings. The van der Waals surface area contributed by atoms with Gasteiger partial charge in [0.1, 0.15) is 23.0 Å². The predicted octanol–water partition coefficient (Wildman–Crippen LogP) is 12.2. The van der Waals surface area contributed by atoms with Crippen LogP contribution in [0.5, 0.6) is 23.0 Å². The Kier molecular flexibility index (Phi) is 19.4. The summed E-state index contributed by atoms with van der Waals surface area (Å²) in [5.41, 5.74) is 4.50. The van der Waals surface area contributed by atoms with Crippen LogP contribution in [0, 0.1) is 0 Å². The molecule has 0 radical (unpaired) electrons. The van der Waals surface area contributed by atoms with Crippen LogP contribution in [0.25, 0.3) is 23.3 Å². The number of ether oxygens (including phenoxy) is 6. The van der Waals surface area contributed by atoms with Crippen LogP contribution in [0.3, 0.4) is 0 Å². The van der Waals surface area contributed by atoms with Gasteiger partial charge in [-0.15, -0.1) is 0 Å². The largest absolute Gasteiger partial charge is 0.494 e. The molecule has 338 valence electrons. The fourth-order valence-corrected chi connectivity index (χ4v) is 6.53. The Morgan fingerprint density at radius 1 is 0.348 bits per heavy atom. The summed E-state index contributed by atoms with van der Waals surface area (Å²) in [6.07, 6.45) is 13.4. The van der Waals surface area contributed by atoms with Crippen LogP contribution in [-0.2, 0) is 19.1 Å². The minimum absolute atomic E-state index is 0.343. The highest BCUT2D eigenvalue weighted by Gasteiger charge is 2.12. The van der Waals surface area contributed by atoms with Crippen LogP contribution in [0.2, 0.25) is 0 Å². The Bertz CT molecular complexity index is 2280. The van der Waals surface area contributed by atoms with Crippen molar-refractivity contribution in [3.8, 4) is 34.1 Å². The molecule has 0 atom stereocenters. The molecule has 6 rings (SSSR count). The molecule has 0 unspecified atom stereocenters. The molecule has 0 aliphatic carbocycles. The number of hydrogen-bond acceptors (Lipinski definition) is 10. The second kappa shape index (κ2) is 26.8. The van der Waals surface area contributed by atoms with Crippen LogP contribution in [0.1, 0.15) is 83.2 Å². The maximum atomic E-state index is 12.8. The number of hydrogen-bond donors (Lipinski definition) is 0. The van der Waals surface area contributed by atoms with Gasteiger partial charge in [0, 0.05) is 12.2 Å². The number of esters is 4. The molecule has 0 bridgehead atoms. The molecule has 0 spiro atoms. The molecule has 0 heterocycles. The van der Waals surface area contributed by atoms with Crippen molar-refractivity contribution in [2.75, 3.05) is 26.4 Å². The minimum Gasteiger partial charge on any atom is -0.494 e. The Hall–Kier alpha value is -7.72. The molecule has 10 nitrogen and oxygen atoms in total. The molecular weight excluding hydrogens is 833 g/mol. The van der Waals surface area contributed by atoms with Crippen LogP contribution in [0.4, 0.5) is 0 Å². The van der Waals surface area contributed by atoms with Gasteiger partial charge < -0.3 is 28.4 Å². The van der Waals surface area contributed by atoms with Gasteiger partial charge in [0.25, 0.3) is 0 Å². The Morgan fingerprint density at radius 3 is 1.05 bits per heavy atom. The summed E-state index contributed by atoms with van der Waals surface area (Å²) in [6, 6.07) is 47.2. The van der Waals surface area contributed by atoms with Gasteiger partial charge in [-0.1, -0.05) is 84.9 Å². The van der Waals surface area contributed by atoms with E-state index in [1.807, 2.05) is 84.9 Å². The molecule has 10 heteroatoms. The molecule has 6 aromatic carbocycles. The van der Waals surface area contributed by atoms with E-state index < -0.39 is 11.9 Å². The first-order valence-corrected chi connectivity index (χ1v) is 22.3. The summed E-state index contributed by atoms with van der Waals surface area (Å²) < 4.78 is 33.4. The van der Waals surface area contributed by atoms with E-state index in [4.69, 9.17) is 28.4 Å². The lowest BCUT2D eigenvalue weighted by atomic mass is 10.1.